The maximum Gasteiger partial charge on any atom is 0.207 e. The number of thioether (sulfide) groups is 1. The topological polar surface area (TPSA) is 38.3 Å². The third kappa shape index (κ3) is 13.7. The van der Waals surface area contributed by atoms with E-state index in [1.807, 2.05) is 19.1 Å². The van der Waals surface area contributed by atoms with Crippen LogP contribution in [-0.4, -0.2) is 31.9 Å². The van der Waals surface area contributed by atoms with Gasteiger partial charge in [0.25, 0.3) is 0 Å². The van der Waals surface area contributed by atoms with Crippen molar-refractivity contribution in [3.63, 3.8) is 0 Å². The molecule has 0 aromatic rings. The molecule has 0 radical (unpaired) electrons. The van der Waals surface area contributed by atoms with Crippen LogP contribution in [0.4, 0.5) is 0 Å². The van der Waals surface area contributed by atoms with Gasteiger partial charge in [0, 0.05) is 35.4 Å². The second kappa shape index (κ2) is 14.7. The normalized spacial score (nSPS) is 15.4. The van der Waals surface area contributed by atoms with Crippen molar-refractivity contribution in [3.8, 4) is 0 Å². The lowest BCUT2D eigenvalue weighted by Crippen LogP contribution is -2.13. The van der Waals surface area contributed by atoms with Gasteiger partial charge in [-0.15, -0.1) is 11.8 Å². The molecule has 114 valence electrons. The summed E-state index contributed by atoms with van der Waals surface area (Å²) in [6.45, 7) is 8.36. The number of ether oxygens (including phenoxy) is 1. The zero-order chi connectivity index (χ0) is 15.1. The molecule has 1 aliphatic heterocycles. The Balaban J connectivity index is 0.000000493. The van der Waals surface area contributed by atoms with Crippen molar-refractivity contribution in [2.24, 2.45) is 0 Å². The fourth-order valence-corrected chi connectivity index (χ4v) is 2.01. The van der Waals surface area contributed by atoms with Gasteiger partial charge in [-0.3, -0.25) is 4.79 Å². The number of rotatable bonds is 7. The third-order valence-electron chi connectivity index (χ3n) is 2.40. The predicted molar refractivity (Wildman–Crippen MR) is 89.1 cm³/mol. The van der Waals surface area contributed by atoms with Crippen molar-refractivity contribution in [3.05, 3.63) is 34.7 Å². The molecule has 1 saturated heterocycles. The molecule has 0 bridgehead atoms. The Morgan fingerprint density at radius 1 is 1.35 bits per heavy atom. The second-order valence-corrected chi connectivity index (χ2v) is 5.72. The first-order valence-electron chi connectivity index (χ1n) is 6.77. The van der Waals surface area contributed by atoms with Crippen molar-refractivity contribution >= 4 is 29.8 Å². The van der Waals surface area contributed by atoms with Crippen molar-refractivity contribution < 1.29 is 9.53 Å². The predicted octanol–water partition coefficient (Wildman–Crippen LogP) is 3.87. The number of amides is 1. The van der Waals surface area contributed by atoms with E-state index in [-0.39, 0.29) is 0 Å². The number of nitrogens with one attached hydrogen (secondary N) is 1. The van der Waals surface area contributed by atoms with Crippen molar-refractivity contribution in [1.29, 1.82) is 0 Å². The van der Waals surface area contributed by atoms with Crippen LogP contribution in [0.1, 0.15) is 26.2 Å². The second-order valence-electron chi connectivity index (χ2n) is 4.07. The largest absolute Gasteiger partial charge is 0.381 e. The van der Waals surface area contributed by atoms with E-state index in [4.69, 9.17) is 16.3 Å². The first-order valence-corrected chi connectivity index (χ1v) is 8.13. The van der Waals surface area contributed by atoms with E-state index in [0.29, 0.717) is 18.0 Å². The van der Waals surface area contributed by atoms with Crippen LogP contribution < -0.4 is 5.32 Å². The van der Waals surface area contributed by atoms with Crippen molar-refractivity contribution in [1.82, 2.24) is 5.32 Å². The highest BCUT2D eigenvalue weighted by Gasteiger charge is 1.95. The van der Waals surface area contributed by atoms with Crippen LogP contribution in [-0.2, 0) is 9.53 Å². The Morgan fingerprint density at radius 2 is 2.05 bits per heavy atom. The molecule has 0 atom stereocenters. The molecule has 1 N–H and O–H groups in total. The quantitative estimate of drug-likeness (QED) is 0.440. The molecule has 5 heteroatoms. The molecular formula is C15H24ClNO2S. The molecular weight excluding hydrogens is 294 g/mol. The number of carbonyl (C=O) groups is 1. The number of hydrogen-bond acceptors (Lipinski definition) is 3. The Labute approximate surface area is 131 Å². The van der Waals surface area contributed by atoms with Crippen LogP contribution in [0.2, 0.25) is 0 Å². The Morgan fingerprint density at radius 3 is 2.50 bits per heavy atom. The van der Waals surface area contributed by atoms with E-state index in [1.54, 1.807) is 17.8 Å². The summed E-state index contributed by atoms with van der Waals surface area (Å²) in [5, 5.41) is 3.27. The average molecular weight is 318 g/mol. The van der Waals surface area contributed by atoms with Gasteiger partial charge < -0.3 is 10.1 Å². The molecule has 1 fully saturated rings. The smallest absolute Gasteiger partial charge is 0.207 e. The minimum atomic E-state index is 0.651. The van der Waals surface area contributed by atoms with Gasteiger partial charge in [0.1, 0.15) is 0 Å². The highest BCUT2D eigenvalue weighted by atomic mass is 35.5. The van der Waals surface area contributed by atoms with Gasteiger partial charge in [-0.2, -0.15) is 0 Å². The van der Waals surface area contributed by atoms with Crippen LogP contribution in [0.25, 0.3) is 0 Å². The van der Waals surface area contributed by atoms with E-state index < -0.39 is 0 Å². The van der Waals surface area contributed by atoms with Crippen LogP contribution in [0.5, 0.6) is 0 Å². The number of halogens is 1. The molecule has 0 aromatic carbocycles. The van der Waals surface area contributed by atoms with Gasteiger partial charge in [-0.25, -0.2) is 0 Å². The van der Waals surface area contributed by atoms with Gasteiger partial charge in [-0.05, 0) is 38.3 Å². The fraction of sp³-hybridized carbons (Fsp3) is 0.533. The molecule has 0 spiro atoms. The van der Waals surface area contributed by atoms with Gasteiger partial charge in [0.15, 0.2) is 0 Å². The van der Waals surface area contributed by atoms with Gasteiger partial charge in [-0.1, -0.05) is 24.3 Å². The summed E-state index contributed by atoms with van der Waals surface area (Å²) < 4.78 is 5.07. The lowest BCUT2D eigenvalue weighted by molar-refractivity contribution is -0.109. The fourth-order valence-electron chi connectivity index (χ4n) is 1.30. The van der Waals surface area contributed by atoms with E-state index in [0.717, 1.165) is 23.9 Å². The Kier molecular flexibility index (Phi) is 14.2. The van der Waals surface area contributed by atoms with Crippen molar-refractivity contribution in [2.45, 2.75) is 26.2 Å². The van der Waals surface area contributed by atoms with Crippen LogP contribution in [0, 0.1) is 0 Å². The lowest BCUT2D eigenvalue weighted by atomic mass is 10.2. The number of allylic oxidation sites excluding steroid dienone is 4. The minimum Gasteiger partial charge on any atom is -0.381 e. The van der Waals surface area contributed by atoms with E-state index in [1.165, 1.54) is 19.3 Å². The molecule has 3 nitrogen and oxygen atoms in total. The minimum absolute atomic E-state index is 0.651. The van der Waals surface area contributed by atoms with Crippen molar-refractivity contribution in [2.75, 3.05) is 25.5 Å². The zero-order valence-corrected chi connectivity index (χ0v) is 13.6. The highest BCUT2D eigenvalue weighted by Crippen LogP contribution is 2.15. The first kappa shape index (κ1) is 19.3. The van der Waals surface area contributed by atoms with Gasteiger partial charge in [0.05, 0.1) is 0 Å². The monoisotopic (exact) mass is 317 g/mol. The summed E-state index contributed by atoms with van der Waals surface area (Å²) in [5.74, 6) is 0.815. The summed E-state index contributed by atoms with van der Waals surface area (Å²) in [7, 11) is 0. The van der Waals surface area contributed by atoms with E-state index in [2.05, 4.69) is 11.9 Å². The first-order chi connectivity index (χ1) is 9.70. The molecule has 1 aliphatic rings. The Hall–Kier alpha value is -0.710. The molecule has 1 heterocycles. The summed E-state index contributed by atoms with van der Waals surface area (Å²) in [6.07, 6.45) is 10.1. The molecule has 0 aliphatic carbocycles. The maximum atomic E-state index is 9.92. The summed E-state index contributed by atoms with van der Waals surface area (Å²) in [4.78, 5) is 10.9. The molecule has 0 saturated carbocycles. The summed E-state index contributed by atoms with van der Waals surface area (Å²) >= 11 is 7.34. The lowest BCUT2D eigenvalue weighted by Gasteiger charge is -2.08. The van der Waals surface area contributed by atoms with Gasteiger partial charge in [0.2, 0.25) is 6.41 Å². The third-order valence-corrected chi connectivity index (χ3v) is 3.66. The maximum absolute atomic E-state index is 9.92. The molecule has 1 amide bonds. The standard InChI is InChI=1S/C10H14ClNOS.C5H10O/c1-3-10(11)5-4-9(2)14-7-6-12-8-13;1-2-4-6-5-3-1/h3-5,8H,2,6-7H2,1H3,(H,12,13);1-5H2/b5-4-,10-3+;. The zero-order valence-electron chi connectivity index (χ0n) is 12.1. The van der Waals surface area contributed by atoms with Gasteiger partial charge >= 0.3 is 0 Å². The van der Waals surface area contributed by atoms with Crippen LogP contribution in [0.15, 0.2) is 34.7 Å². The van der Waals surface area contributed by atoms with Crippen LogP contribution >= 0.6 is 23.4 Å². The molecule has 0 aromatic heterocycles. The molecule has 20 heavy (non-hydrogen) atoms. The number of carbonyl (C=O) groups excluding carboxylic acids is 1. The average Bonchev–Trinajstić information content (AvgIpc) is 2.51. The molecule has 0 unspecified atom stereocenters. The SMILES string of the molecule is C1CCOCC1.C=C(/C=C\C(Cl)=C/C)SCCNC=O. The molecule has 1 rings (SSSR count). The number of hydrogen-bond donors (Lipinski definition) is 1. The van der Waals surface area contributed by atoms with E-state index in [9.17, 15) is 4.79 Å². The van der Waals surface area contributed by atoms with Crippen LogP contribution in [0.3, 0.4) is 0 Å². The highest BCUT2D eigenvalue weighted by molar-refractivity contribution is 8.03. The van der Waals surface area contributed by atoms with E-state index >= 15 is 0 Å². The summed E-state index contributed by atoms with van der Waals surface area (Å²) in [5.41, 5.74) is 0. The Bertz CT molecular complexity index is 314. The summed E-state index contributed by atoms with van der Waals surface area (Å²) in [6, 6.07) is 0.